The van der Waals surface area contributed by atoms with Gasteiger partial charge in [-0.2, -0.15) is 0 Å². The van der Waals surface area contributed by atoms with Crippen LogP contribution in [0.15, 0.2) is 12.1 Å². The summed E-state index contributed by atoms with van der Waals surface area (Å²) in [5.41, 5.74) is 0.152. The van der Waals surface area contributed by atoms with Crippen LogP contribution in [0.3, 0.4) is 0 Å². The fourth-order valence-electron chi connectivity index (χ4n) is 2.52. The van der Waals surface area contributed by atoms with E-state index in [1.807, 2.05) is 0 Å². The predicted molar refractivity (Wildman–Crippen MR) is 73.8 cm³/mol. The summed E-state index contributed by atoms with van der Waals surface area (Å²) in [4.78, 5) is 11.8. The van der Waals surface area contributed by atoms with Crippen molar-refractivity contribution in [1.82, 2.24) is 10.6 Å². The average molecular weight is 282 g/mol. The van der Waals surface area contributed by atoms with E-state index in [-0.39, 0.29) is 17.5 Å². The monoisotopic (exact) mass is 282 g/mol. The maximum Gasteiger partial charge on any atom is 0.254 e. The molecule has 0 bridgehead atoms. The quantitative estimate of drug-likeness (QED) is 0.894. The lowest BCUT2D eigenvalue weighted by Gasteiger charge is -2.23. The number of nitrogens with one attached hydrogen (secondary N) is 2. The van der Waals surface area contributed by atoms with Gasteiger partial charge in [0, 0.05) is 6.04 Å². The third kappa shape index (κ3) is 3.33. The van der Waals surface area contributed by atoms with Crippen LogP contribution in [-0.2, 0) is 0 Å². The van der Waals surface area contributed by atoms with E-state index in [1.165, 1.54) is 6.07 Å². The normalized spacial score (nSPS) is 16.4. The molecule has 1 saturated heterocycles. The third-order valence-corrected chi connectivity index (χ3v) is 3.53. The SMILES string of the molecule is CC(C)NC(=O)c1cc(F)c(C2CCNCC2)cc1F. The first-order chi connectivity index (χ1) is 9.49. The number of piperidine rings is 1. The number of hydrogen-bond acceptors (Lipinski definition) is 2. The van der Waals surface area contributed by atoms with E-state index in [0.29, 0.717) is 5.56 Å². The second-order valence-corrected chi connectivity index (χ2v) is 5.51. The Morgan fingerprint density at radius 3 is 2.50 bits per heavy atom. The second-order valence-electron chi connectivity index (χ2n) is 5.51. The Morgan fingerprint density at radius 1 is 1.25 bits per heavy atom. The molecule has 110 valence electrons. The molecular weight excluding hydrogens is 262 g/mol. The van der Waals surface area contributed by atoms with Crippen LogP contribution in [0.25, 0.3) is 0 Å². The minimum atomic E-state index is -0.655. The molecule has 5 heteroatoms. The van der Waals surface area contributed by atoms with Gasteiger partial charge in [-0.1, -0.05) is 0 Å². The molecule has 0 spiro atoms. The van der Waals surface area contributed by atoms with Gasteiger partial charge in [0.2, 0.25) is 0 Å². The molecule has 1 aliphatic rings. The Kier molecular flexibility index (Phi) is 4.70. The van der Waals surface area contributed by atoms with Crippen molar-refractivity contribution in [2.45, 2.75) is 38.6 Å². The summed E-state index contributed by atoms with van der Waals surface area (Å²) >= 11 is 0. The Hall–Kier alpha value is -1.49. The molecule has 2 rings (SSSR count). The molecule has 0 unspecified atom stereocenters. The van der Waals surface area contributed by atoms with Gasteiger partial charge in [0.25, 0.3) is 5.91 Å². The summed E-state index contributed by atoms with van der Waals surface area (Å²) in [6, 6.07) is 2.08. The highest BCUT2D eigenvalue weighted by Gasteiger charge is 2.22. The fraction of sp³-hybridized carbons (Fsp3) is 0.533. The van der Waals surface area contributed by atoms with E-state index in [4.69, 9.17) is 0 Å². The fourth-order valence-corrected chi connectivity index (χ4v) is 2.52. The van der Waals surface area contributed by atoms with Gasteiger partial charge >= 0.3 is 0 Å². The molecule has 1 heterocycles. The van der Waals surface area contributed by atoms with Gasteiger partial charge in [0.1, 0.15) is 11.6 Å². The summed E-state index contributed by atoms with van der Waals surface area (Å²) in [6.07, 6.45) is 1.57. The standard InChI is InChI=1S/C15H20F2N2O/c1-9(2)19-15(20)12-8-13(16)11(7-14(12)17)10-3-5-18-6-4-10/h7-10,18H,3-6H2,1-2H3,(H,19,20). The topological polar surface area (TPSA) is 41.1 Å². The Morgan fingerprint density at radius 2 is 1.90 bits per heavy atom. The number of hydrogen-bond donors (Lipinski definition) is 2. The van der Waals surface area contributed by atoms with E-state index >= 15 is 0 Å². The lowest BCUT2D eigenvalue weighted by Crippen LogP contribution is -2.31. The van der Waals surface area contributed by atoms with E-state index < -0.39 is 17.5 Å². The van der Waals surface area contributed by atoms with Gasteiger partial charge < -0.3 is 10.6 Å². The van der Waals surface area contributed by atoms with Crippen molar-refractivity contribution in [2.75, 3.05) is 13.1 Å². The maximum absolute atomic E-state index is 14.1. The Balaban J connectivity index is 2.26. The predicted octanol–water partition coefficient (Wildman–Crippen LogP) is 2.57. The van der Waals surface area contributed by atoms with Crippen LogP contribution in [0.5, 0.6) is 0 Å². The smallest absolute Gasteiger partial charge is 0.254 e. The van der Waals surface area contributed by atoms with Crippen molar-refractivity contribution in [1.29, 1.82) is 0 Å². The molecule has 1 fully saturated rings. The van der Waals surface area contributed by atoms with Gasteiger partial charge in [-0.15, -0.1) is 0 Å². The zero-order valence-electron chi connectivity index (χ0n) is 11.8. The molecular formula is C15H20F2N2O. The van der Waals surface area contributed by atoms with Gasteiger partial charge in [0.15, 0.2) is 0 Å². The van der Waals surface area contributed by atoms with Gasteiger partial charge in [0.05, 0.1) is 5.56 Å². The summed E-state index contributed by atoms with van der Waals surface area (Å²) < 4.78 is 28.2. The van der Waals surface area contributed by atoms with Crippen LogP contribution in [0.4, 0.5) is 8.78 Å². The first-order valence-corrected chi connectivity index (χ1v) is 6.99. The van der Waals surface area contributed by atoms with Gasteiger partial charge in [-0.25, -0.2) is 8.78 Å². The van der Waals surface area contributed by atoms with E-state index in [9.17, 15) is 13.6 Å². The minimum Gasteiger partial charge on any atom is -0.350 e. The minimum absolute atomic E-state index is 0.0213. The first kappa shape index (κ1) is 14.9. The number of halogens is 2. The zero-order chi connectivity index (χ0) is 14.7. The number of rotatable bonds is 3. The van der Waals surface area contributed by atoms with Crippen molar-refractivity contribution in [3.05, 3.63) is 34.9 Å². The summed E-state index contributed by atoms with van der Waals surface area (Å²) in [5, 5.41) is 5.76. The second kappa shape index (κ2) is 6.31. The van der Waals surface area contributed by atoms with Crippen molar-refractivity contribution >= 4 is 5.91 Å². The average Bonchev–Trinajstić information content (AvgIpc) is 2.41. The molecule has 1 amide bonds. The number of benzene rings is 1. The van der Waals surface area contributed by atoms with Gasteiger partial charge in [-0.05, 0) is 63.4 Å². The number of amides is 1. The first-order valence-electron chi connectivity index (χ1n) is 6.99. The number of carbonyl (C=O) groups is 1. The molecule has 1 aliphatic heterocycles. The highest BCUT2D eigenvalue weighted by atomic mass is 19.1. The van der Waals surface area contributed by atoms with Crippen LogP contribution in [0.1, 0.15) is 48.5 Å². The van der Waals surface area contributed by atoms with Crippen LogP contribution < -0.4 is 10.6 Å². The molecule has 0 radical (unpaired) electrons. The highest BCUT2D eigenvalue weighted by molar-refractivity contribution is 5.94. The third-order valence-electron chi connectivity index (χ3n) is 3.53. The zero-order valence-corrected chi connectivity index (χ0v) is 11.8. The summed E-state index contributed by atoms with van der Waals surface area (Å²) in [6.45, 7) is 5.16. The van der Waals surface area contributed by atoms with Crippen molar-refractivity contribution < 1.29 is 13.6 Å². The molecule has 1 aromatic carbocycles. The molecule has 0 aliphatic carbocycles. The van der Waals surface area contributed by atoms with Crippen molar-refractivity contribution in [3.8, 4) is 0 Å². The Labute approximate surface area is 117 Å². The molecule has 0 saturated carbocycles. The Bertz CT molecular complexity index is 497. The molecule has 0 atom stereocenters. The van der Waals surface area contributed by atoms with E-state index in [0.717, 1.165) is 32.0 Å². The molecule has 3 nitrogen and oxygen atoms in total. The molecule has 2 N–H and O–H groups in total. The summed E-state index contributed by atoms with van der Waals surface area (Å²) in [7, 11) is 0. The lowest BCUT2D eigenvalue weighted by molar-refractivity contribution is 0.0938. The van der Waals surface area contributed by atoms with E-state index in [2.05, 4.69) is 10.6 Å². The van der Waals surface area contributed by atoms with Crippen LogP contribution >= 0.6 is 0 Å². The lowest BCUT2D eigenvalue weighted by atomic mass is 9.89. The molecule has 0 aromatic heterocycles. The summed E-state index contributed by atoms with van der Waals surface area (Å²) in [5.74, 6) is -1.70. The number of carbonyl (C=O) groups excluding carboxylic acids is 1. The van der Waals surface area contributed by atoms with E-state index in [1.54, 1.807) is 13.8 Å². The molecule has 1 aromatic rings. The van der Waals surface area contributed by atoms with Gasteiger partial charge in [-0.3, -0.25) is 4.79 Å². The van der Waals surface area contributed by atoms with Crippen molar-refractivity contribution in [2.24, 2.45) is 0 Å². The molecule has 20 heavy (non-hydrogen) atoms. The van der Waals surface area contributed by atoms with Crippen LogP contribution in [0.2, 0.25) is 0 Å². The maximum atomic E-state index is 14.1. The van der Waals surface area contributed by atoms with Crippen molar-refractivity contribution in [3.63, 3.8) is 0 Å². The largest absolute Gasteiger partial charge is 0.350 e. The highest BCUT2D eigenvalue weighted by Crippen LogP contribution is 2.29. The van der Waals surface area contributed by atoms with Crippen LogP contribution in [-0.4, -0.2) is 25.0 Å². The van der Waals surface area contributed by atoms with Crippen LogP contribution in [0, 0.1) is 11.6 Å².